The van der Waals surface area contributed by atoms with E-state index in [0.29, 0.717) is 6.42 Å². The number of guanidine groups is 1. The van der Waals surface area contributed by atoms with Gasteiger partial charge in [-0.1, -0.05) is 40.9 Å². The molecule has 5 nitrogen and oxygen atoms in total. The summed E-state index contributed by atoms with van der Waals surface area (Å²) in [5, 5.41) is 6.78. The first-order chi connectivity index (χ1) is 12.2. The first-order valence-electron chi connectivity index (χ1n) is 9.15. The average Bonchev–Trinajstić information content (AvgIpc) is 3.07. The van der Waals surface area contributed by atoms with Crippen molar-refractivity contribution in [3.05, 3.63) is 34.3 Å². The number of nitrogens with zero attached hydrogens (tertiary/aromatic N) is 1. The van der Waals surface area contributed by atoms with Crippen LogP contribution in [0.3, 0.4) is 0 Å². The minimum Gasteiger partial charge on any atom is -0.356 e. The third-order valence-corrected chi connectivity index (χ3v) is 6.65. The summed E-state index contributed by atoms with van der Waals surface area (Å²) in [5.41, 5.74) is 1.50. The number of sulfone groups is 1. The maximum atomic E-state index is 11.3. The lowest BCUT2D eigenvalue weighted by Gasteiger charge is -2.31. The first-order valence-corrected chi connectivity index (χ1v) is 12.0. The van der Waals surface area contributed by atoms with Gasteiger partial charge >= 0.3 is 0 Å². The molecule has 0 bridgehead atoms. The number of halogens is 2. The van der Waals surface area contributed by atoms with E-state index in [1.165, 1.54) is 37.5 Å². The fraction of sp³-hybridized carbons (Fsp3) is 0.632. The van der Waals surface area contributed by atoms with Crippen LogP contribution in [0.25, 0.3) is 0 Å². The molecule has 1 aliphatic carbocycles. The van der Waals surface area contributed by atoms with Crippen LogP contribution in [0.4, 0.5) is 0 Å². The van der Waals surface area contributed by atoms with E-state index in [0.717, 1.165) is 17.0 Å². The Morgan fingerprint density at radius 1 is 1.26 bits per heavy atom. The predicted octanol–water partition coefficient (Wildman–Crippen LogP) is 3.87. The van der Waals surface area contributed by atoms with Gasteiger partial charge in [0.25, 0.3) is 0 Å². The van der Waals surface area contributed by atoms with Gasteiger partial charge in [0.15, 0.2) is 5.96 Å². The van der Waals surface area contributed by atoms with E-state index in [4.69, 9.17) is 0 Å². The fourth-order valence-electron chi connectivity index (χ4n) is 3.57. The minimum absolute atomic E-state index is 0. The molecule has 2 rings (SSSR count). The molecule has 154 valence electrons. The van der Waals surface area contributed by atoms with Crippen molar-refractivity contribution < 1.29 is 8.42 Å². The summed E-state index contributed by atoms with van der Waals surface area (Å²) in [4.78, 5) is 4.31. The van der Waals surface area contributed by atoms with E-state index in [-0.39, 0.29) is 41.2 Å². The number of rotatable bonds is 7. The van der Waals surface area contributed by atoms with E-state index >= 15 is 0 Å². The molecule has 0 saturated heterocycles. The molecule has 1 unspecified atom stereocenters. The van der Waals surface area contributed by atoms with Gasteiger partial charge in [-0.3, -0.25) is 4.99 Å². The smallest absolute Gasteiger partial charge is 0.191 e. The van der Waals surface area contributed by atoms with Gasteiger partial charge < -0.3 is 10.6 Å². The minimum atomic E-state index is -2.94. The maximum absolute atomic E-state index is 11.3. The standard InChI is InChI=1S/C19H30BrN3O2S.HI/c1-15(10-13-26(3,24)25)23-18(21-2)22-14-19(11-4-5-12-19)16-6-8-17(20)9-7-16;/h6-9,15H,4-5,10-14H2,1-3H3,(H2,21,22,23);1H. The Kier molecular flexibility index (Phi) is 10.1. The summed E-state index contributed by atoms with van der Waals surface area (Å²) in [6, 6.07) is 8.68. The predicted molar refractivity (Wildman–Crippen MR) is 128 cm³/mol. The lowest BCUT2D eigenvalue weighted by Crippen LogP contribution is -2.47. The van der Waals surface area contributed by atoms with Crippen LogP contribution < -0.4 is 10.6 Å². The van der Waals surface area contributed by atoms with Crippen molar-refractivity contribution in [1.82, 2.24) is 10.6 Å². The molecule has 0 aliphatic heterocycles. The number of aliphatic imine (C=N–C) groups is 1. The highest BCUT2D eigenvalue weighted by molar-refractivity contribution is 14.0. The fourth-order valence-corrected chi connectivity index (χ4v) is 4.61. The van der Waals surface area contributed by atoms with Crippen molar-refractivity contribution in [2.45, 2.75) is 50.5 Å². The van der Waals surface area contributed by atoms with Crippen molar-refractivity contribution in [3.63, 3.8) is 0 Å². The van der Waals surface area contributed by atoms with Crippen LogP contribution in [-0.4, -0.2) is 46.0 Å². The molecule has 2 N–H and O–H groups in total. The second-order valence-corrected chi connectivity index (χ2v) is 10.6. The zero-order chi connectivity index (χ0) is 19.2. The quantitative estimate of drug-likeness (QED) is 0.296. The van der Waals surface area contributed by atoms with E-state index in [2.05, 4.69) is 55.8 Å². The highest BCUT2D eigenvalue weighted by atomic mass is 127. The Morgan fingerprint density at radius 3 is 2.37 bits per heavy atom. The second-order valence-electron chi connectivity index (χ2n) is 7.38. The normalized spacial score (nSPS) is 17.9. The largest absolute Gasteiger partial charge is 0.356 e. The van der Waals surface area contributed by atoms with E-state index in [1.54, 1.807) is 7.05 Å². The SMILES string of the molecule is CN=C(NCC1(c2ccc(Br)cc2)CCCC1)NC(C)CCS(C)(=O)=O.I. The van der Waals surface area contributed by atoms with Gasteiger partial charge in [-0.2, -0.15) is 0 Å². The Bertz CT molecular complexity index is 717. The molecule has 1 saturated carbocycles. The van der Waals surface area contributed by atoms with Crippen molar-refractivity contribution >= 4 is 55.7 Å². The van der Waals surface area contributed by atoms with Gasteiger partial charge in [0.1, 0.15) is 9.84 Å². The second kappa shape index (κ2) is 11.0. The molecule has 0 amide bonds. The van der Waals surface area contributed by atoms with Crippen LogP contribution in [-0.2, 0) is 15.3 Å². The topological polar surface area (TPSA) is 70.6 Å². The Morgan fingerprint density at radius 2 is 1.85 bits per heavy atom. The van der Waals surface area contributed by atoms with Gasteiger partial charge in [-0.05, 0) is 43.9 Å². The molecule has 0 spiro atoms. The van der Waals surface area contributed by atoms with Gasteiger partial charge in [0.05, 0.1) is 5.75 Å². The molecule has 0 aromatic heterocycles. The Labute approximate surface area is 189 Å². The van der Waals surface area contributed by atoms with Gasteiger partial charge in [0, 0.05) is 35.8 Å². The highest BCUT2D eigenvalue weighted by Crippen LogP contribution is 2.40. The molecule has 1 fully saturated rings. The molecule has 27 heavy (non-hydrogen) atoms. The molecule has 8 heteroatoms. The number of hydrogen-bond donors (Lipinski definition) is 2. The van der Waals surface area contributed by atoms with Gasteiger partial charge in [-0.25, -0.2) is 8.42 Å². The number of benzene rings is 1. The van der Waals surface area contributed by atoms with Crippen LogP contribution >= 0.6 is 39.9 Å². The van der Waals surface area contributed by atoms with Crippen molar-refractivity contribution in [3.8, 4) is 0 Å². The molecule has 1 aromatic rings. The van der Waals surface area contributed by atoms with Gasteiger partial charge in [-0.15, -0.1) is 24.0 Å². The first kappa shape index (κ1) is 24.7. The molecule has 1 atom stereocenters. The van der Waals surface area contributed by atoms with Crippen LogP contribution in [0.1, 0.15) is 44.6 Å². The maximum Gasteiger partial charge on any atom is 0.191 e. The third kappa shape index (κ3) is 7.89. The number of hydrogen-bond acceptors (Lipinski definition) is 3. The summed E-state index contributed by atoms with van der Waals surface area (Å²) < 4.78 is 23.8. The van der Waals surface area contributed by atoms with Crippen LogP contribution in [0.15, 0.2) is 33.7 Å². The highest BCUT2D eigenvalue weighted by Gasteiger charge is 2.35. The molecular formula is C19H31BrIN3O2S. The Balaban J connectivity index is 0.00000364. The van der Waals surface area contributed by atoms with Gasteiger partial charge in [0.2, 0.25) is 0 Å². The van der Waals surface area contributed by atoms with Crippen LogP contribution in [0.5, 0.6) is 0 Å². The van der Waals surface area contributed by atoms with E-state index in [1.807, 2.05) is 6.92 Å². The lowest BCUT2D eigenvalue weighted by atomic mass is 9.79. The zero-order valence-corrected chi connectivity index (χ0v) is 21.0. The summed E-state index contributed by atoms with van der Waals surface area (Å²) in [5.74, 6) is 0.912. The monoisotopic (exact) mass is 571 g/mol. The lowest BCUT2D eigenvalue weighted by molar-refractivity contribution is 0.430. The van der Waals surface area contributed by atoms with Crippen molar-refractivity contribution in [2.75, 3.05) is 25.6 Å². The summed E-state index contributed by atoms with van der Waals surface area (Å²) in [7, 11) is -1.19. The van der Waals surface area contributed by atoms with Crippen LogP contribution in [0.2, 0.25) is 0 Å². The number of nitrogens with one attached hydrogen (secondary N) is 2. The molecule has 0 radical (unpaired) electrons. The van der Waals surface area contributed by atoms with Crippen molar-refractivity contribution in [2.24, 2.45) is 4.99 Å². The third-order valence-electron chi connectivity index (χ3n) is 5.14. The molecule has 0 heterocycles. The van der Waals surface area contributed by atoms with Crippen molar-refractivity contribution in [1.29, 1.82) is 0 Å². The average molecular weight is 572 g/mol. The molecule has 1 aliphatic rings. The summed E-state index contributed by atoms with van der Waals surface area (Å²) in [6.07, 6.45) is 6.67. The zero-order valence-electron chi connectivity index (χ0n) is 16.3. The Hall–Kier alpha value is -0.350. The summed E-state index contributed by atoms with van der Waals surface area (Å²) >= 11 is 3.51. The van der Waals surface area contributed by atoms with E-state index in [9.17, 15) is 8.42 Å². The molecular weight excluding hydrogens is 541 g/mol. The molecule has 1 aromatic carbocycles. The van der Waals surface area contributed by atoms with Crippen LogP contribution in [0, 0.1) is 0 Å². The van der Waals surface area contributed by atoms with E-state index < -0.39 is 9.84 Å². The summed E-state index contributed by atoms with van der Waals surface area (Å²) in [6.45, 7) is 2.81.